The van der Waals surface area contributed by atoms with Gasteiger partial charge >= 0.3 is 5.97 Å². The molecule has 43 heavy (non-hydrogen) atoms. The molecule has 13 heteroatoms. The van der Waals surface area contributed by atoms with Crippen LogP contribution in [0.15, 0.2) is 46.8 Å². The molecule has 0 amide bonds. The first-order valence-electron chi connectivity index (χ1n) is 13.6. The van der Waals surface area contributed by atoms with Gasteiger partial charge in [0.05, 0.1) is 39.4 Å². The molecule has 1 aliphatic heterocycles. The number of piperidine rings is 1. The van der Waals surface area contributed by atoms with Crippen molar-refractivity contribution in [3.63, 3.8) is 0 Å². The normalized spacial score (nSPS) is 13.7. The molecule has 218 valence electrons. The number of aryl methyl sites for hydroxylation is 1. The van der Waals surface area contributed by atoms with E-state index in [2.05, 4.69) is 26.3 Å². The quantitative estimate of drug-likeness (QED) is 0.248. The number of thiophene rings is 1. The highest BCUT2D eigenvalue weighted by atomic mass is 35.5. The summed E-state index contributed by atoms with van der Waals surface area (Å²) in [4.78, 5) is 38.5. The van der Waals surface area contributed by atoms with E-state index < -0.39 is 5.97 Å². The van der Waals surface area contributed by atoms with Gasteiger partial charge in [0.15, 0.2) is 0 Å². The van der Waals surface area contributed by atoms with Crippen molar-refractivity contribution < 1.29 is 19.4 Å². The predicted octanol–water partition coefficient (Wildman–Crippen LogP) is 4.81. The number of nitriles is 1. The summed E-state index contributed by atoms with van der Waals surface area (Å²) < 4.78 is 14.4. The van der Waals surface area contributed by atoms with Crippen LogP contribution >= 0.6 is 22.9 Å². The van der Waals surface area contributed by atoms with E-state index in [0.29, 0.717) is 37.9 Å². The average molecular weight is 617 g/mol. The number of pyridine rings is 2. The monoisotopic (exact) mass is 616 g/mol. The summed E-state index contributed by atoms with van der Waals surface area (Å²) in [5.74, 6) is 0.0390. The molecule has 5 heterocycles. The highest BCUT2D eigenvalue weighted by Gasteiger charge is 2.22. The molecule has 1 saturated heterocycles. The topological polar surface area (TPSA) is 152 Å². The van der Waals surface area contributed by atoms with Crippen LogP contribution in [0.25, 0.3) is 32.2 Å². The molecule has 0 spiro atoms. The molecule has 5 aromatic rings. The Morgan fingerprint density at radius 2 is 2.07 bits per heavy atom. The lowest BCUT2D eigenvalue weighted by Gasteiger charge is -2.23. The third-order valence-corrected chi connectivity index (χ3v) is 8.56. The predicted molar refractivity (Wildman–Crippen MR) is 162 cm³/mol. The minimum Gasteiger partial charge on any atom is -0.491 e. The van der Waals surface area contributed by atoms with Gasteiger partial charge in [-0.1, -0.05) is 11.6 Å². The van der Waals surface area contributed by atoms with Gasteiger partial charge in [-0.25, -0.2) is 14.8 Å². The minimum absolute atomic E-state index is 0.0709. The lowest BCUT2D eigenvalue weighted by atomic mass is 10.0. The van der Waals surface area contributed by atoms with E-state index in [9.17, 15) is 20.0 Å². The van der Waals surface area contributed by atoms with Gasteiger partial charge in [-0.05, 0) is 57.1 Å². The van der Waals surface area contributed by atoms with Crippen molar-refractivity contribution in [3.8, 4) is 28.8 Å². The number of carbonyl (C=O) groups is 1. The number of aromatic carboxylic acids is 1. The van der Waals surface area contributed by atoms with Crippen molar-refractivity contribution in [2.45, 2.75) is 32.4 Å². The van der Waals surface area contributed by atoms with Crippen molar-refractivity contribution in [3.05, 3.63) is 74.4 Å². The summed E-state index contributed by atoms with van der Waals surface area (Å²) in [6.07, 6.45) is 4.49. The van der Waals surface area contributed by atoms with Gasteiger partial charge in [0.1, 0.15) is 35.9 Å². The number of benzene rings is 1. The fourth-order valence-corrected chi connectivity index (χ4v) is 6.41. The van der Waals surface area contributed by atoms with E-state index in [1.165, 1.54) is 22.1 Å². The molecule has 1 aromatic carbocycles. The second-order valence-electron chi connectivity index (χ2n) is 9.97. The third kappa shape index (κ3) is 5.50. The SMILES string of the molecule is Cc1nc2cnc(OC3CCNCC3)c(C#N)c2c(=O)n1CCOc1ccc(Cl)cc1-c1ccnc2c(C(=O)O)csc12. The first-order chi connectivity index (χ1) is 20.9. The second-order valence-corrected chi connectivity index (χ2v) is 11.3. The first kappa shape index (κ1) is 28.5. The summed E-state index contributed by atoms with van der Waals surface area (Å²) in [7, 11) is 0. The van der Waals surface area contributed by atoms with Crippen LogP contribution in [-0.2, 0) is 6.54 Å². The third-order valence-electron chi connectivity index (χ3n) is 7.32. The van der Waals surface area contributed by atoms with Gasteiger partial charge in [0.2, 0.25) is 5.88 Å². The number of carboxylic acid groups (broad SMARTS) is 1. The molecule has 6 rings (SSSR count). The highest BCUT2D eigenvalue weighted by Crippen LogP contribution is 2.39. The van der Waals surface area contributed by atoms with Crippen LogP contribution in [0, 0.1) is 18.3 Å². The smallest absolute Gasteiger partial charge is 0.338 e. The van der Waals surface area contributed by atoms with Gasteiger partial charge in [-0.3, -0.25) is 14.3 Å². The zero-order valence-electron chi connectivity index (χ0n) is 23.0. The summed E-state index contributed by atoms with van der Waals surface area (Å²) in [6, 6.07) is 9.07. The molecule has 11 nitrogen and oxygen atoms in total. The van der Waals surface area contributed by atoms with Crippen molar-refractivity contribution in [1.82, 2.24) is 24.8 Å². The Morgan fingerprint density at radius 1 is 1.26 bits per heavy atom. The van der Waals surface area contributed by atoms with Gasteiger partial charge in [0, 0.05) is 27.7 Å². The van der Waals surface area contributed by atoms with E-state index >= 15 is 0 Å². The number of carboxylic acids is 1. The number of aromatic nitrogens is 4. The van der Waals surface area contributed by atoms with Crippen LogP contribution in [0.1, 0.15) is 34.6 Å². The average Bonchev–Trinajstić information content (AvgIpc) is 3.45. The van der Waals surface area contributed by atoms with E-state index in [0.717, 1.165) is 31.5 Å². The van der Waals surface area contributed by atoms with Crippen molar-refractivity contribution in [2.75, 3.05) is 19.7 Å². The zero-order valence-corrected chi connectivity index (χ0v) is 24.5. The molecule has 1 fully saturated rings. The van der Waals surface area contributed by atoms with Crippen LogP contribution in [0.3, 0.4) is 0 Å². The van der Waals surface area contributed by atoms with Crippen molar-refractivity contribution in [2.24, 2.45) is 0 Å². The molecule has 0 bridgehead atoms. The van der Waals surface area contributed by atoms with Crippen LogP contribution < -0.4 is 20.3 Å². The number of halogens is 1. The fraction of sp³-hybridized carbons (Fsp3) is 0.267. The molecule has 0 saturated carbocycles. The van der Waals surface area contributed by atoms with E-state index in [-0.39, 0.29) is 47.2 Å². The number of hydrogen-bond donors (Lipinski definition) is 2. The standard InChI is InChI=1S/C30H25ClN6O5S/c1-16-36-23-14-35-28(42-18-4-7-33-8-5-18)21(13-32)25(23)29(38)37(16)10-11-41-24-3-2-17(31)12-20(24)19-6-9-34-26-22(30(39)40)15-43-27(19)26/h2-3,6,9,12,14-15,18,33H,4-5,7-8,10-11H2,1H3,(H,39,40). The number of rotatable bonds is 8. The van der Waals surface area contributed by atoms with E-state index in [1.807, 2.05) is 0 Å². The van der Waals surface area contributed by atoms with Crippen molar-refractivity contribution >= 4 is 50.0 Å². The molecule has 0 unspecified atom stereocenters. The molecular formula is C30H25ClN6O5S. The van der Waals surface area contributed by atoms with Crippen LogP contribution in [0.4, 0.5) is 0 Å². The Kier molecular flexibility index (Phi) is 7.94. The van der Waals surface area contributed by atoms with Crippen molar-refractivity contribution in [1.29, 1.82) is 5.26 Å². The second kappa shape index (κ2) is 12.0. The summed E-state index contributed by atoms with van der Waals surface area (Å²) >= 11 is 7.62. The van der Waals surface area contributed by atoms with E-state index in [4.69, 9.17) is 21.1 Å². The van der Waals surface area contributed by atoms with Crippen LogP contribution in [0.5, 0.6) is 11.6 Å². The molecule has 0 atom stereocenters. The van der Waals surface area contributed by atoms with Crippen LogP contribution in [0.2, 0.25) is 5.02 Å². The summed E-state index contributed by atoms with van der Waals surface area (Å²) in [5.41, 5.74) is 1.92. The fourth-order valence-electron chi connectivity index (χ4n) is 5.21. The Hall–Kier alpha value is -4.57. The summed E-state index contributed by atoms with van der Waals surface area (Å²) in [5, 5.41) is 25.0. The van der Waals surface area contributed by atoms with Gasteiger partial charge in [-0.15, -0.1) is 11.3 Å². The van der Waals surface area contributed by atoms with Gasteiger partial charge in [0.25, 0.3) is 5.56 Å². The maximum Gasteiger partial charge on any atom is 0.338 e. The Morgan fingerprint density at radius 3 is 2.84 bits per heavy atom. The lowest BCUT2D eigenvalue weighted by Crippen LogP contribution is -2.34. The lowest BCUT2D eigenvalue weighted by molar-refractivity contribution is 0.0699. The molecule has 0 aliphatic carbocycles. The Labute approximate surface area is 254 Å². The van der Waals surface area contributed by atoms with Crippen LogP contribution in [-0.4, -0.2) is 56.4 Å². The number of hydrogen-bond acceptors (Lipinski definition) is 10. The van der Waals surface area contributed by atoms with Gasteiger partial charge in [-0.2, -0.15) is 5.26 Å². The highest BCUT2D eigenvalue weighted by molar-refractivity contribution is 7.18. The maximum absolute atomic E-state index is 13.7. The molecular weight excluding hydrogens is 592 g/mol. The van der Waals surface area contributed by atoms with E-state index in [1.54, 1.807) is 42.8 Å². The Bertz CT molecular complexity index is 1980. The zero-order chi connectivity index (χ0) is 30.1. The molecule has 2 N–H and O–H groups in total. The largest absolute Gasteiger partial charge is 0.491 e. The molecule has 1 aliphatic rings. The molecule has 0 radical (unpaired) electrons. The number of fused-ring (bicyclic) bond motifs is 2. The maximum atomic E-state index is 13.7. The van der Waals surface area contributed by atoms with Gasteiger partial charge < -0.3 is 19.9 Å². The number of nitrogens with zero attached hydrogens (tertiary/aromatic N) is 5. The number of ether oxygens (including phenoxy) is 2. The minimum atomic E-state index is -1.05. The first-order valence-corrected chi connectivity index (χ1v) is 14.8. The number of nitrogens with one attached hydrogen (secondary N) is 1. The Balaban J connectivity index is 1.30. The molecule has 4 aromatic heterocycles. The summed E-state index contributed by atoms with van der Waals surface area (Å²) in [6.45, 7) is 3.59.